The molecule has 1 fully saturated rings. The molecule has 4 rings (SSSR count). The van der Waals surface area contributed by atoms with Crippen molar-refractivity contribution >= 4 is 23.3 Å². The average Bonchev–Trinajstić information content (AvgIpc) is 3.47. The van der Waals surface area contributed by atoms with Crippen molar-refractivity contribution < 1.29 is 14.3 Å². The number of nitrogens with one attached hydrogen (secondary N) is 3. The summed E-state index contributed by atoms with van der Waals surface area (Å²) in [6, 6.07) is 13.3. The fraction of sp³-hybridized carbons (Fsp3) is 0.300. The second-order valence-electron chi connectivity index (χ2n) is 6.78. The summed E-state index contributed by atoms with van der Waals surface area (Å²) in [5, 5.41) is 8.37. The number of amides is 3. The van der Waals surface area contributed by atoms with Crippen molar-refractivity contribution in [2.24, 2.45) is 0 Å². The van der Waals surface area contributed by atoms with E-state index in [0.29, 0.717) is 23.7 Å². The Bertz CT molecular complexity index is 844. The van der Waals surface area contributed by atoms with E-state index < -0.39 is 6.10 Å². The van der Waals surface area contributed by atoms with Crippen molar-refractivity contribution in [2.45, 2.75) is 38.3 Å². The lowest BCUT2D eigenvalue weighted by atomic mass is 10.1. The maximum Gasteiger partial charge on any atom is 0.319 e. The third-order valence-electron chi connectivity index (χ3n) is 4.65. The van der Waals surface area contributed by atoms with Crippen molar-refractivity contribution in [3.8, 4) is 5.75 Å². The molecular weight excluding hydrogens is 330 g/mol. The van der Waals surface area contributed by atoms with Gasteiger partial charge >= 0.3 is 6.03 Å². The number of ether oxygens (including phenoxy) is 1. The Hall–Kier alpha value is -3.02. The van der Waals surface area contributed by atoms with Crippen LogP contribution in [0.5, 0.6) is 5.75 Å². The van der Waals surface area contributed by atoms with Crippen LogP contribution in [0.4, 0.5) is 16.2 Å². The van der Waals surface area contributed by atoms with Gasteiger partial charge in [0.25, 0.3) is 5.91 Å². The number of hydrogen-bond acceptors (Lipinski definition) is 3. The van der Waals surface area contributed by atoms with Gasteiger partial charge < -0.3 is 20.7 Å². The number of fused-ring (bicyclic) bond motifs is 1. The summed E-state index contributed by atoms with van der Waals surface area (Å²) in [6.07, 6.45) is 2.05. The highest BCUT2D eigenvalue weighted by Gasteiger charge is 2.24. The predicted octanol–water partition coefficient (Wildman–Crippen LogP) is 3.61. The molecule has 0 spiro atoms. The molecule has 6 heteroatoms. The molecule has 0 aromatic heterocycles. The Morgan fingerprint density at radius 1 is 1.19 bits per heavy atom. The number of carbonyl (C=O) groups excluding carboxylic acids is 2. The van der Waals surface area contributed by atoms with Crippen LogP contribution in [0, 0.1) is 0 Å². The molecule has 2 aromatic rings. The number of hydrogen-bond donors (Lipinski definition) is 3. The quantitative estimate of drug-likeness (QED) is 0.787. The molecule has 1 aliphatic carbocycles. The van der Waals surface area contributed by atoms with E-state index in [1.54, 1.807) is 25.1 Å². The molecule has 3 amide bonds. The highest BCUT2D eigenvalue weighted by Crippen LogP contribution is 2.39. The second kappa shape index (κ2) is 6.71. The SMILES string of the molecule is C[C@@H]1Oc2ccc(NC(=O)NCc3ccc(C4CC4)cc3)cc2NC1=O. The van der Waals surface area contributed by atoms with Crippen LogP contribution in [0.15, 0.2) is 42.5 Å². The molecule has 3 N–H and O–H groups in total. The summed E-state index contributed by atoms with van der Waals surface area (Å²) in [4.78, 5) is 23.8. The number of carbonyl (C=O) groups is 2. The molecule has 0 saturated heterocycles. The molecule has 1 aliphatic heterocycles. The van der Waals surface area contributed by atoms with E-state index in [1.165, 1.54) is 18.4 Å². The fourth-order valence-corrected chi connectivity index (χ4v) is 2.97. The largest absolute Gasteiger partial charge is 0.479 e. The smallest absolute Gasteiger partial charge is 0.319 e. The van der Waals surface area contributed by atoms with Gasteiger partial charge in [0.05, 0.1) is 5.69 Å². The molecule has 2 aliphatic rings. The van der Waals surface area contributed by atoms with Crippen LogP contribution in [0.25, 0.3) is 0 Å². The molecule has 1 atom stereocenters. The third kappa shape index (κ3) is 3.64. The Morgan fingerprint density at radius 3 is 2.69 bits per heavy atom. The molecule has 1 saturated carbocycles. The van der Waals surface area contributed by atoms with Gasteiger partial charge in [0.1, 0.15) is 5.75 Å². The molecule has 1 heterocycles. The molecule has 0 radical (unpaired) electrons. The van der Waals surface area contributed by atoms with Crippen LogP contribution in [0.2, 0.25) is 0 Å². The van der Waals surface area contributed by atoms with Crippen LogP contribution in [0.3, 0.4) is 0 Å². The van der Waals surface area contributed by atoms with E-state index in [-0.39, 0.29) is 11.9 Å². The molecular formula is C20H21N3O3. The normalized spacial score (nSPS) is 18.3. The maximum atomic E-state index is 12.1. The minimum Gasteiger partial charge on any atom is -0.479 e. The first-order valence-electron chi connectivity index (χ1n) is 8.84. The zero-order valence-corrected chi connectivity index (χ0v) is 14.5. The van der Waals surface area contributed by atoms with Crippen LogP contribution >= 0.6 is 0 Å². The van der Waals surface area contributed by atoms with E-state index in [2.05, 4.69) is 40.2 Å². The Balaban J connectivity index is 1.33. The van der Waals surface area contributed by atoms with E-state index in [9.17, 15) is 9.59 Å². The average molecular weight is 351 g/mol. The van der Waals surface area contributed by atoms with E-state index in [4.69, 9.17) is 4.74 Å². The molecule has 6 nitrogen and oxygen atoms in total. The number of anilines is 2. The number of benzene rings is 2. The molecule has 2 aromatic carbocycles. The minimum absolute atomic E-state index is 0.200. The van der Waals surface area contributed by atoms with Gasteiger partial charge in [-0.05, 0) is 55.0 Å². The van der Waals surface area contributed by atoms with Gasteiger partial charge in [0.15, 0.2) is 6.10 Å². The lowest BCUT2D eigenvalue weighted by Crippen LogP contribution is -2.34. The molecule has 26 heavy (non-hydrogen) atoms. The van der Waals surface area contributed by atoms with Gasteiger partial charge in [-0.1, -0.05) is 24.3 Å². The van der Waals surface area contributed by atoms with Crippen molar-refractivity contribution in [3.63, 3.8) is 0 Å². The standard InChI is InChI=1S/C20H21N3O3/c1-12-19(24)23-17-10-16(8-9-18(17)26-12)22-20(25)21-11-13-2-4-14(5-3-13)15-6-7-15/h2-5,8-10,12,15H,6-7,11H2,1H3,(H,23,24)(H2,21,22,25)/t12-/m0/s1. The van der Waals surface area contributed by atoms with Crippen molar-refractivity contribution in [3.05, 3.63) is 53.6 Å². The predicted molar refractivity (Wildman–Crippen MR) is 99.4 cm³/mol. The summed E-state index contributed by atoms with van der Waals surface area (Å²) in [5.41, 5.74) is 3.58. The summed E-state index contributed by atoms with van der Waals surface area (Å²) < 4.78 is 5.50. The van der Waals surface area contributed by atoms with Gasteiger partial charge in [0.2, 0.25) is 0 Å². The van der Waals surface area contributed by atoms with E-state index in [1.807, 2.05) is 0 Å². The summed E-state index contributed by atoms with van der Waals surface area (Å²) in [7, 11) is 0. The van der Waals surface area contributed by atoms with E-state index >= 15 is 0 Å². The van der Waals surface area contributed by atoms with Crippen LogP contribution in [-0.2, 0) is 11.3 Å². The number of rotatable bonds is 4. The first-order chi connectivity index (χ1) is 12.6. The van der Waals surface area contributed by atoms with Crippen LogP contribution in [-0.4, -0.2) is 18.0 Å². The summed E-state index contributed by atoms with van der Waals surface area (Å²) in [5.74, 6) is 1.13. The Morgan fingerprint density at radius 2 is 1.96 bits per heavy atom. The Labute approximate surface area is 151 Å². The van der Waals surface area contributed by atoms with Crippen molar-refractivity contribution in [1.82, 2.24) is 5.32 Å². The monoisotopic (exact) mass is 351 g/mol. The lowest BCUT2D eigenvalue weighted by molar-refractivity contribution is -0.122. The third-order valence-corrected chi connectivity index (χ3v) is 4.65. The minimum atomic E-state index is -0.518. The van der Waals surface area contributed by atoms with E-state index in [0.717, 1.165) is 11.5 Å². The van der Waals surface area contributed by atoms with Crippen molar-refractivity contribution in [1.29, 1.82) is 0 Å². The van der Waals surface area contributed by atoms with Crippen molar-refractivity contribution in [2.75, 3.05) is 10.6 Å². The summed E-state index contributed by atoms with van der Waals surface area (Å²) in [6.45, 7) is 2.15. The molecule has 0 bridgehead atoms. The maximum absolute atomic E-state index is 12.1. The fourth-order valence-electron chi connectivity index (χ4n) is 2.97. The summed E-state index contributed by atoms with van der Waals surface area (Å²) >= 11 is 0. The second-order valence-corrected chi connectivity index (χ2v) is 6.78. The van der Waals surface area contributed by atoms with Crippen LogP contribution < -0.4 is 20.7 Å². The van der Waals surface area contributed by atoms with Gasteiger partial charge in [-0.25, -0.2) is 4.79 Å². The van der Waals surface area contributed by atoms with Gasteiger partial charge in [0, 0.05) is 12.2 Å². The first-order valence-corrected chi connectivity index (χ1v) is 8.84. The zero-order valence-electron chi connectivity index (χ0n) is 14.5. The lowest BCUT2D eigenvalue weighted by Gasteiger charge is -2.23. The molecule has 134 valence electrons. The van der Waals surface area contributed by atoms with Gasteiger partial charge in [-0.2, -0.15) is 0 Å². The van der Waals surface area contributed by atoms with Crippen LogP contribution in [0.1, 0.15) is 36.8 Å². The zero-order chi connectivity index (χ0) is 18.1. The topological polar surface area (TPSA) is 79.5 Å². The highest BCUT2D eigenvalue weighted by molar-refractivity contribution is 5.99. The highest BCUT2D eigenvalue weighted by atomic mass is 16.5. The first kappa shape index (κ1) is 16.4. The number of urea groups is 1. The van der Waals surface area contributed by atoms with Gasteiger partial charge in [-0.3, -0.25) is 4.79 Å². The molecule has 0 unspecified atom stereocenters. The van der Waals surface area contributed by atoms with Gasteiger partial charge in [-0.15, -0.1) is 0 Å². The Kier molecular flexibility index (Phi) is 4.24.